The van der Waals surface area contributed by atoms with Crippen molar-refractivity contribution >= 4 is 28.4 Å². The van der Waals surface area contributed by atoms with E-state index in [4.69, 9.17) is 9.72 Å². The standard InChI is InChI=1S/C20H21GeNO/c1-12-10-13(2)19-15(11-12)18-17-14(8-9-22-18)6-7-16(20(17)23-19)21(3,4)5/h6-11H,1-5H3. The summed E-state index contributed by atoms with van der Waals surface area (Å²) >= 11 is -2.04. The van der Waals surface area contributed by atoms with E-state index in [0.29, 0.717) is 0 Å². The van der Waals surface area contributed by atoms with E-state index in [-0.39, 0.29) is 0 Å². The molecule has 0 spiro atoms. The van der Waals surface area contributed by atoms with Gasteiger partial charge >= 0.3 is 140 Å². The first-order valence-corrected chi connectivity index (χ1v) is 15.4. The number of pyridine rings is 1. The summed E-state index contributed by atoms with van der Waals surface area (Å²) in [5.41, 5.74) is 4.62. The molecule has 116 valence electrons. The molecule has 1 aromatic heterocycles. The van der Waals surface area contributed by atoms with Gasteiger partial charge in [-0.15, -0.1) is 0 Å². The molecular formula is C20H21GeNO. The van der Waals surface area contributed by atoms with Crippen LogP contribution in [0.15, 0.2) is 36.5 Å². The molecule has 0 radical (unpaired) electrons. The molecule has 1 aliphatic rings. The average molecular weight is 364 g/mol. The third-order valence-corrected chi connectivity index (χ3v) is 8.79. The fourth-order valence-corrected chi connectivity index (χ4v) is 6.53. The Balaban J connectivity index is 2.16. The summed E-state index contributed by atoms with van der Waals surface area (Å²) in [7, 11) is 0. The van der Waals surface area contributed by atoms with Crippen LogP contribution < -0.4 is 9.13 Å². The van der Waals surface area contributed by atoms with Crippen molar-refractivity contribution in [2.24, 2.45) is 0 Å². The van der Waals surface area contributed by atoms with Gasteiger partial charge in [-0.05, 0) is 0 Å². The molecule has 0 saturated heterocycles. The number of nitrogens with zero attached hydrogens (tertiary/aromatic N) is 1. The number of aryl methyl sites for hydroxylation is 2. The van der Waals surface area contributed by atoms with Gasteiger partial charge in [0.25, 0.3) is 0 Å². The quantitative estimate of drug-likeness (QED) is 0.435. The Hall–Kier alpha value is -1.81. The molecule has 0 atom stereocenters. The Morgan fingerprint density at radius 2 is 1.74 bits per heavy atom. The second kappa shape index (κ2) is 4.84. The van der Waals surface area contributed by atoms with Crippen LogP contribution in [0.2, 0.25) is 17.3 Å². The summed E-state index contributed by atoms with van der Waals surface area (Å²) in [5, 5.41) is 2.40. The molecule has 2 heterocycles. The van der Waals surface area contributed by atoms with Crippen LogP contribution in [-0.2, 0) is 0 Å². The molecular weight excluding hydrogens is 343 g/mol. The number of aromatic nitrogens is 1. The fraction of sp³-hybridized carbons (Fsp3) is 0.250. The molecule has 0 N–H and O–H groups in total. The van der Waals surface area contributed by atoms with Crippen molar-refractivity contribution in [3.8, 4) is 22.8 Å². The van der Waals surface area contributed by atoms with Crippen LogP contribution in [-0.4, -0.2) is 18.3 Å². The van der Waals surface area contributed by atoms with Gasteiger partial charge < -0.3 is 0 Å². The molecule has 0 bridgehead atoms. The Labute approximate surface area is 139 Å². The Morgan fingerprint density at radius 1 is 0.957 bits per heavy atom. The van der Waals surface area contributed by atoms with E-state index in [1.54, 1.807) is 0 Å². The molecule has 0 amide bonds. The predicted molar refractivity (Wildman–Crippen MR) is 99.7 cm³/mol. The van der Waals surface area contributed by atoms with Crippen molar-refractivity contribution in [3.63, 3.8) is 0 Å². The number of fused-ring (bicyclic) bond motifs is 2. The molecule has 0 aliphatic carbocycles. The summed E-state index contributed by atoms with van der Waals surface area (Å²) < 4.78 is 7.91. The van der Waals surface area contributed by atoms with Crippen molar-refractivity contribution in [2.45, 2.75) is 31.1 Å². The van der Waals surface area contributed by atoms with Crippen molar-refractivity contribution < 1.29 is 4.74 Å². The van der Waals surface area contributed by atoms with E-state index in [0.717, 1.165) is 22.8 Å². The first-order chi connectivity index (χ1) is 10.9. The third kappa shape index (κ3) is 2.19. The minimum atomic E-state index is -2.04. The molecule has 23 heavy (non-hydrogen) atoms. The molecule has 3 heteroatoms. The third-order valence-electron chi connectivity index (χ3n) is 4.57. The van der Waals surface area contributed by atoms with E-state index in [9.17, 15) is 0 Å². The molecule has 0 saturated carbocycles. The van der Waals surface area contributed by atoms with Gasteiger partial charge in [-0.1, -0.05) is 0 Å². The normalized spacial score (nSPS) is 12.9. The first kappa shape index (κ1) is 14.8. The average Bonchev–Trinajstić information content (AvgIpc) is 2.47. The van der Waals surface area contributed by atoms with E-state index in [1.165, 1.54) is 26.3 Å². The van der Waals surface area contributed by atoms with Gasteiger partial charge in [0, 0.05) is 0 Å². The molecule has 0 unspecified atom stereocenters. The van der Waals surface area contributed by atoms with Crippen LogP contribution in [0.3, 0.4) is 0 Å². The molecule has 0 fully saturated rings. The van der Waals surface area contributed by atoms with Crippen LogP contribution in [0.5, 0.6) is 11.5 Å². The first-order valence-electron chi connectivity index (χ1n) is 8.08. The van der Waals surface area contributed by atoms with Gasteiger partial charge in [-0.25, -0.2) is 0 Å². The van der Waals surface area contributed by atoms with E-state index in [2.05, 4.69) is 61.4 Å². The van der Waals surface area contributed by atoms with E-state index >= 15 is 0 Å². The number of hydrogen-bond acceptors (Lipinski definition) is 2. The molecule has 2 aromatic carbocycles. The van der Waals surface area contributed by atoms with Gasteiger partial charge in [0.05, 0.1) is 0 Å². The summed E-state index contributed by atoms with van der Waals surface area (Å²) in [6.45, 7) is 4.25. The van der Waals surface area contributed by atoms with Gasteiger partial charge in [0.2, 0.25) is 0 Å². The number of rotatable bonds is 1. The predicted octanol–water partition coefficient (Wildman–Crippen LogP) is 5.17. The topological polar surface area (TPSA) is 22.1 Å². The van der Waals surface area contributed by atoms with Crippen LogP contribution in [0.25, 0.3) is 22.0 Å². The van der Waals surface area contributed by atoms with E-state index in [1.807, 2.05) is 6.20 Å². The van der Waals surface area contributed by atoms with Crippen LogP contribution in [0.1, 0.15) is 11.1 Å². The summed E-state index contributed by atoms with van der Waals surface area (Å²) in [4.78, 5) is 4.73. The van der Waals surface area contributed by atoms with Crippen molar-refractivity contribution in [1.29, 1.82) is 0 Å². The summed E-state index contributed by atoms with van der Waals surface area (Å²) in [5.74, 6) is 9.26. The van der Waals surface area contributed by atoms with E-state index < -0.39 is 13.3 Å². The SMILES string of the molecule is Cc1cc(C)c2c(c1)-c1nccc3cc[c]([Ge]([CH3])([CH3])[CH3])c(c13)O2. The molecule has 1 aliphatic heterocycles. The second-order valence-corrected chi connectivity index (χ2v) is 18.1. The maximum absolute atomic E-state index is 6.50. The van der Waals surface area contributed by atoms with Crippen LogP contribution in [0, 0.1) is 13.8 Å². The van der Waals surface area contributed by atoms with Crippen molar-refractivity contribution in [1.82, 2.24) is 4.98 Å². The zero-order chi connectivity index (χ0) is 16.4. The molecule has 3 aromatic rings. The summed E-state index contributed by atoms with van der Waals surface area (Å²) in [6, 6.07) is 11.0. The van der Waals surface area contributed by atoms with Crippen molar-refractivity contribution in [2.75, 3.05) is 0 Å². The van der Waals surface area contributed by atoms with Gasteiger partial charge in [-0.2, -0.15) is 0 Å². The number of ether oxygens (including phenoxy) is 1. The Bertz CT molecular complexity index is 954. The zero-order valence-corrected chi connectivity index (χ0v) is 16.4. The van der Waals surface area contributed by atoms with Gasteiger partial charge in [-0.3, -0.25) is 0 Å². The number of benzene rings is 2. The van der Waals surface area contributed by atoms with Crippen LogP contribution in [0.4, 0.5) is 0 Å². The maximum atomic E-state index is 6.50. The number of hydrogen-bond donors (Lipinski definition) is 0. The zero-order valence-electron chi connectivity index (χ0n) is 14.3. The fourth-order valence-electron chi connectivity index (χ4n) is 3.51. The summed E-state index contributed by atoms with van der Waals surface area (Å²) in [6.07, 6.45) is 1.91. The van der Waals surface area contributed by atoms with Crippen molar-refractivity contribution in [3.05, 3.63) is 47.7 Å². The minimum absolute atomic E-state index is 0.974. The van der Waals surface area contributed by atoms with Crippen LogP contribution >= 0.6 is 0 Å². The Morgan fingerprint density at radius 3 is 2.48 bits per heavy atom. The molecule has 2 nitrogen and oxygen atoms in total. The monoisotopic (exact) mass is 365 g/mol. The molecule has 4 rings (SSSR count). The Kier molecular flexibility index (Phi) is 3.11. The second-order valence-electron chi connectivity index (χ2n) is 7.51. The van der Waals surface area contributed by atoms with Gasteiger partial charge in [0.15, 0.2) is 0 Å². The van der Waals surface area contributed by atoms with Gasteiger partial charge in [0.1, 0.15) is 0 Å².